The Kier molecular flexibility index (Phi) is 3.26. The second kappa shape index (κ2) is 4.26. The van der Waals surface area contributed by atoms with E-state index in [4.69, 9.17) is 5.73 Å². The van der Waals surface area contributed by atoms with Crippen molar-refractivity contribution in [2.45, 2.75) is 6.17 Å². The molecular formula is C8H12N2S. The molecular weight excluding hydrogens is 156 g/mol. The van der Waals surface area contributed by atoms with Crippen molar-refractivity contribution in [3.63, 3.8) is 0 Å². The summed E-state index contributed by atoms with van der Waals surface area (Å²) < 4.78 is 0. The number of hydrogen-bond donors (Lipinski definition) is 3. The van der Waals surface area contributed by atoms with Gasteiger partial charge < -0.3 is 11.1 Å². The maximum absolute atomic E-state index is 5.62. The molecule has 0 radical (unpaired) electrons. The first-order valence-electron chi connectivity index (χ1n) is 3.51. The van der Waals surface area contributed by atoms with E-state index in [9.17, 15) is 0 Å². The Balaban J connectivity index is 2.51. The third kappa shape index (κ3) is 2.82. The number of hydrogen-bond acceptors (Lipinski definition) is 3. The van der Waals surface area contributed by atoms with E-state index in [1.807, 2.05) is 30.3 Å². The molecule has 0 bridgehead atoms. The number of anilines is 1. The first kappa shape index (κ1) is 8.43. The minimum absolute atomic E-state index is 0.0688. The highest BCUT2D eigenvalue weighted by molar-refractivity contribution is 7.80. The van der Waals surface area contributed by atoms with Gasteiger partial charge in [0, 0.05) is 11.4 Å². The number of nitrogens with one attached hydrogen (secondary N) is 1. The van der Waals surface area contributed by atoms with Crippen molar-refractivity contribution < 1.29 is 0 Å². The number of thiol groups is 1. The van der Waals surface area contributed by atoms with E-state index in [2.05, 4.69) is 17.9 Å². The van der Waals surface area contributed by atoms with Crippen molar-refractivity contribution in [3.05, 3.63) is 30.3 Å². The van der Waals surface area contributed by atoms with Crippen molar-refractivity contribution in [2.24, 2.45) is 5.73 Å². The normalized spacial score (nSPS) is 12.5. The van der Waals surface area contributed by atoms with Gasteiger partial charge in [0.05, 0.1) is 6.17 Å². The Morgan fingerprint density at radius 2 is 2.00 bits per heavy atom. The third-order valence-corrected chi connectivity index (χ3v) is 1.72. The second-order valence-corrected chi connectivity index (χ2v) is 2.66. The summed E-state index contributed by atoms with van der Waals surface area (Å²) in [5, 5.41) is 3.09. The molecule has 0 fully saturated rings. The summed E-state index contributed by atoms with van der Waals surface area (Å²) in [5.74, 6) is 0.634. The quantitative estimate of drug-likeness (QED) is 0.470. The van der Waals surface area contributed by atoms with Gasteiger partial charge in [0.1, 0.15) is 0 Å². The molecule has 1 aromatic rings. The molecule has 2 nitrogen and oxygen atoms in total. The molecule has 0 saturated carbocycles. The Bertz CT molecular complexity index is 201. The van der Waals surface area contributed by atoms with E-state index in [1.165, 1.54) is 0 Å². The summed E-state index contributed by atoms with van der Waals surface area (Å²) in [6.07, 6.45) is -0.0688. The molecule has 60 valence electrons. The second-order valence-electron chi connectivity index (χ2n) is 2.30. The van der Waals surface area contributed by atoms with Crippen LogP contribution < -0.4 is 11.1 Å². The zero-order valence-corrected chi connectivity index (χ0v) is 7.09. The van der Waals surface area contributed by atoms with E-state index in [0.717, 1.165) is 5.69 Å². The molecule has 11 heavy (non-hydrogen) atoms. The van der Waals surface area contributed by atoms with E-state index in [1.54, 1.807) is 0 Å². The predicted octanol–water partition coefficient (Wildman–Crippen LogP) is 1.31. The maximum atomic E-state index is 5.62. The maximum Gasteiger partial charge on any atom is 0.0832 e. The van der Waals surface area contributed by atoms with Crippen LogP contribution in [0.3, 0.4) is 0 Å². The van der Waals surface area contributed by atoms with Crippen LogP contribution in [0.2, 0.25) is 0 Å². The van der Waals surface area contributed by atoms with E-state index < -0.39 is 0 Å². The molecule has 1 aromatic carbocycles. The molecule has 0 aliphatic carbocycles. The topological polar surface area (TPSA) is 38.0 Å². The van der Waals surface area contributed by atoms with Crippen LogP contribution in [0.4, 0.5) is 5.69 Å². The number of para-hydroxylation sites is 1. The van der Waals surface area contributed by atoms with Crippen LogP contribution in [-0.4, -0.2) is 11.9 Å². The van der Waals surface area contributed by atoms with Crippen molar-refractivity contribution in [2.75, 3.05) is 11.1 Å². The molecule has 1 atom stereocenters. The highest BCUT2D eigenvalue weighted by Crippen LogP contribution is 2.05. The monoisotopic (exact) mass is 168 g/mol. The lowest BCUT2D eigenvalue weighted by molar-refractivity contribution is 0.867. The predicted molar refractivity (Wildman–Crippen MR) is 51.9 cm³/mol. The summed E-state index contributed by atoms with van der Waals surface area (Å²) >= 11 is 4.06. The van der Waals surface area contributed by atoms with Gasteiger partial charge in [-0.15, -0.1) is 0 Å². The van der Waals surface area contributed by atoms with Crippen molar-refractivity contribution in [1.82, 2.24) is 0 Å². The molecule has 1 rings (SSSR count). The largest absolute Gasteiger partial charge is 0.369 e. The molecule has 3 N–H and O–H groups in total. The van der Waals surface area contributed by atoms with Gasteiger partial charge in [-0.25, -0.2) is 0 Å². The lowest BCUT2D eigenvalue weighted by Gasteiger charge is -2.11. The van der Waals surface area contributed by atoms with Crippen LogP contribution in [0, 0.1) is 0 Å². The van der Waals surface area contributed by atoms with Crippen molar-refractivity contribution >= 4 is 18.3 Å². The number of rotatable bonds is 3. The van der Waals surface area contributed by atoms with Gasteiger partial charge in [0.2, 0.25) is 0 Å². The molecule has 1 unspecified atom stereocenters. The molecule has 3 heteroatoms. The Labute approximate surface area is 72.2 Å². The highest BCUT2D eigenvalue weighted by atomic mass is 32.1. The highest BCUT2D eigenvalue weighted by Gasteiger charge is 1.96. The van der Waals surface area contributed by atoms with Crippen LogP contribution in [0.15, 0.2) is 30.3 Å². The molecule has 0 saturated heterocycles. The Morgan fingerprint density at radius 3 is 2.55 bits per heavy atom. The lowest BCUT2D eigenvalue weighted by atomic mass is 10.3. The Morgan fingerprint density at radius 1 is 1.36 bits per heavy atom. The average Bonchev–Trinajstić information content (AvgIpc) is 2.06. The van der Waals surface area contributed by atoms with Gasteiger partial charge >= 0.3 is 0 Å². The van der Waals surface area contributed by atoms with Crippen LogP contribution in [0.1, 0.15) is 0 Å². The van der Waals surface area contributed by atoms with Crippen LogP contribution in [-0.2, 0) is 0 Å². The smallest absolute Gasteiger partial charge is 0.0832 e. The van der Waals surface area contributed by atoms with Gasteiger partial charge in [-0.2, -0.15) is 12.6 Å². The SMILES string of the molecule is NC(CS)Nc1ccccc1. The van der Waals surface area contributed by atoms with Gasteiger partial charge in [0.25, 0.3) is 0 Å². The first-order chi connectivity index (χ1) is 5.33. The molecule has 0 spiro atoms. The van der Waals surface area contributed by atoms with Crippen molar-refractivity contribution in [1.29, 1.82) is 0 Å². The van der Waals surface area contributed by atoms with Gasteiger partial charge in [-0.3, -0.25) is 0 Å². The fourth-order valence-electron chi connectivity index (χ4n) is 0.794. The molecule has 0 aliphatic rings. The van der Waals surface area contributed by atoms with E-state index in [0.29, 0.717) is 5.75 Å². The standard InChI is InChI=1S/C8H12N2S/c9-8(6-11)10-7-4-2-1-3-5-7/h1-5,8,10-11H,6,9H2. The minimum atomic E-state index is -0.0688. The molecule has 0 amide bonds. The summed E-state index contributed by atoms with van der Waals surface area (Å²) in [6, 6.07) is 9.85. The third-order valence-electron chi connectivity index (χ3n) is 1.32. The van der Waals surface area contributed by atoms with Crippen LogP contribution >= 0.6 is 12.6 Å². The molecule has 0 aromatic heterocycles. The van der Waals surface area contributed by atoms with Crippen LogP contribution in [0.25, 0.3) is 0 Å². The minimum Gasteiger partial charge on any atom is -0.369 e. The van der Waals surface area contributed by atoms with Crippen LogP contribution in [0.5, 0.6) is 0 Å². The Hall–Kier alpha value is -0.670. The summed E-state index contributed by atoms with van der Waals surface area (Å²) in [5.41, 5.74) is 6.65. The summed E-state index contributed by atoms with van der Waals surface area (Å²) in [6.45, 7) is 0. The van der Waals surface area contributed by atoms with E-state index in [-0.39, 0.29) is 6.17 Å². The summed E-state index contributed by atoms with van der Waals surface area (Å²) in [4.78, 5) is 0. The fourth-order valence-corrected chi connectivity index (χ4v) is 0.885. The summed E-state index contributed by atoms with van der Waals surface area (Å²) in [7, 11) is 0. The fraction of sp³-hybridized carbons (Fsp3) is 0.250. The number of nitrogens with two attached hydrogens (primary N) is 1. The zero-order chi connectivity index (χ0) is 8.10. The average molecular weight is 168 g/mol. The molecule has 0 heterocycles. The lowest BCUT2D eigenvalue weighted by Crippen LogP contribution is -2.31. The number of benzene rings is 1. The first-order valence-corrected chi connectivity index (χ1v) is 4.14. The van der Waals surface area contributed by atoms with Crippen molar-refractivity contribution in [3.8, 4) is 0 Å². The van der Waals surface area contributed by atoms with Gasteiger partial charge in [-0.05, 0) is 12.1 Å². The van der Waals surface area contributed by atoms with E-state index >= 15 is 0 Å². The van der Waals surface area contributed by atoms with Gasteiger partial charge in [0.15, 0.2) is 0 Å². The molecule has 0 aliphatic heterocycles. The van der Waals surface area contributed by atoms with Gasteiger partial charge in [-0.1, -0.05) is 18.2 Å². The zero-order valence-electron chi connectivity index (χ0n) is 6.20.